The van der Waals surface area contributed by atoms with E-state index in [-0.39, 0.29) is 59.3 Å². The summed E-state index contributed by atoms with van der Waals surface area (Å²) in [5.74, 6) is -3.26. The standard InChI is InChI=1S/C48H37N3O11/c1-27(52)28-12-14-37-39(20-28)46(55)50(44(37)53)35-8-4-6-30(18-35)41-22-34(29-10-11-33(25-61-26-60-3)43(24-29)62-17-16-59-2)23-42(49-41)31-7-5-9-36(19-31)51-45(54)38-15-13-32(48(57)58)21-40(38)47(51)56/h4-15,18-24H,16-17,25-26H2,1-3H3,(H,57,58). The molecular formula is C48H37N3O11. The molecule has 14 nitrogen and oxygen atoms in total. The van der Waals surface area contributed by atoms with Crippen molar-refractivity contribution in [3.63, 3.8) is 0 Å². The zero-order chi connectivity index (χ0) is 43.7. The van der Waals surface area contributed by atoms with Gasteiger partial charge in [0.05, 0.1) is 63.8 Å². The topological polar surface area (TPSA) is 179 Å². The highest BCUT2D eigenvalue weighted by atomic mass is 16.7. The molecule has 8 rings (SSSR count). The van der Waals surface area contributed by atoms with Crippen LogP contribution in [0.15, 0.2) is 115 Å². The molecule has 2 aliphatic heterocycles. The molecule has 0 atom stereocenters. The van der Waals surface area contributed by atoms with Gasteiger partial charge in [0, 0.05) is 36.5 Å². The number of carboxylic acid groups (broad SMARTS) is 1. The Morgan fingerprint density at radius 2 is 1.15 bits per heavy atom. The summed E-state index contributed by atoms with van der Waals surface area (Å²) in [5, 5.41) is 9.52. The van der Waals surface area contributed by atoms with Crippen LogP contribution < -0.4 is 14.5 Å². The average molecular weight is 832 g/mol. The van der Waals surface area contributed by atoms with E-state index in [0.29, 0.717) is 51.7 Å². The minimum atomic E-state index is -1.23. The number of amides is 4. The van der Waals surface area contributed by atoms with Crippen molar-refractivity contribution in [2.45, 2.75) is 13.5 Å². The van der Waals surface area contributed by atoms with Crippen molar-refractivity contribution in [3.05, 3.63) is 154 Å². The first kappa shape index (κ1) is 41.1. The van der Waals surface area contributed by atoms with Crippen LogP contribution in [-0.4, -0.2) is 79.7 Å². The van der Waals surface area contributed by atoms with Gasteiger partial charge in [0.25, 0.3) is 23.6 Å². The van der Waals surface area contributed by atoms with Crippen LogP contribution in [0.2, 0.25) is 0 Å². The first-order valence-corrected chi connectivity index (χ1v) is 19.3. The normalized spacial score (nSPS) is 13.1. The summed E-state index contributed by atoms with van der Waals surface area (Å²) in [7, 11) is 3.11. The fraction of sp³-hybridized carbons (Fsp3) is 0.146. The summed E-state index contributed by atoms with van der Waals surface area (Å²) in [6, 6.07) is 31.1. The number of hydrogen-bond donors (Lipinski definition) is 1. The minimum Gasteiger partial charge on any atom is -0.491 e. The number of pyridine rings is 1. The average Bonchev–Trinajstić information content (AvgIpc) is 3.69. The van der Waals surface area contributed by atoms with Crippen LogP contribution in [0.1, 0.15) is 74.6 Å². The molecular weight excluding hydrogens is 795 g/mol. The van der Waals surface area contributed by atoms with E-state index in [2.05, 4.69) is 0 Å². The van der Waals surface area contributed by atoms with E-state index in [9.17, 15) is 33.9 Å². The zero-order valence-corrected chi connectivity index (χ0v) is 33.7. The molecule has 2 aliphatic rings. The number of carboxylic acids is 1. The van der Waals surface area contributed by atoms with E-state index < -0.39 is 29.6 Å². The van der Waals surface area contributed by atoms with Gasteiger partial charge in [-0.3, -0.25) is 24.0 Å². The van der Waals surface area contributed by atoms with Gasteiger partial charge in [0.1, 0.15) is 19.1 Å². The summed E-state index contributed by atoms with van der Waals surface area (Å²) in [4.78, 5) is 85.5. The zero-order valence-electron chi connectivity index (χ0n) is 33.7. The van der Waals surface area contributed by atoms with Crippen molar-refractivity contribution in [3.8, 4) is 39.4 Å². The number of hydrogen-bond acceptors (Lipinski definition) is 11. The molecule has 310 valence electrons. The highest BCUT2D eigenvalue weighted by Gasteiger charge is 2.38. The molecule has 0 aliphatic carbocycles. The maximum Gasteiger partial charge on any atom is 0.335 e. The van der Waals surface area contributed by atoms with E-state index in [0.717, 1.165) is 20.9 Å². The quantitative estimate of drug-likeness (QED) is 0.0462. The molecule has 0 saturated carbocycles. The van der Waals surface area contributed by atoms with Gasteiger partial charge in [-0.15, -0.1) is 0 Å². The number of ether oxygens (including phenoxy) is 4. The van der Waals surface area contributed by atoms with Crippen LogP contribution in [-0.2, 0) is 20.8 Å². The van der Waals surface area contributed by atoms with Gasteiger partial charge in [-0.2, -0.15) is 0 Å². The van der Waals surface area contributed by atoms with E-state index in [1.807, 2.05) is 30.3 Å². The molecule has 0 bridgehead atoms. The van der Waals surface area contributed by atoms with E-state index in [4.69, 9.17) is 23.9 Å². The molecule has 0 spiro atoms. The van der Waals surface area contributed by atoms with E-state index >= 15 is 0 Å². The molecule has 0 unspecified atom stereocenters. The van der Waals surface area contributed by atoms with Crippen LogP contribution >= 0.6 is 0 Å². The maximum absolute atomic E-state index is 13.7. The molecule has 62 heavy (non-hydrogen) atoms. The Labute approximate surface area is 354 Å². The number of carbonyl (C=O) groups is 6. The van der Waals surface area contributed by atoms with Gasteiger partial charge in [0.2, 0.25) is 0 Å². The number of imide groups is 2. The Hall–Kier alpha value is -7.65. The first-order chi connectivity index (χ1) is 30.0. The number of Topliss-reactive ketones (excluding diaryl/α,β-unsaturated/α-hetero) is 1. The van der Waals surface area contributed by atoms with Crippen molar-refractivity contribution < 1.29 is 52.8 Å². The number of anilines is 2. The number of rotatable bonds is 15. The second-order valence-electron chi connectivity index (χ2n) is 14.4. The first-order valence-electron chi connectivity index (χ1n) is 19.3. The Balaban J connectivity index is 1.22. The molecule has 1 aromatic heterocycles. The summed E-state index contributed by atoms with van der Waals surface area (Å²) >= 11 is 0. The predicted octanol–water partition coefficient (Wildman–Crippen LogP) is 7.73. The highest BCUT2D eigenvalue weighted by Crippen LogP contribution is 2.38. The summed E-state index contributed by atoms with van der Waals surface area (Å²) < 4.78 is 22.1. The summed E-state index contributed by atoms with van der Waals surface area (Å²) in [6.45, 7) is 2.30. The third-order valence-corrected chi connectivity index (χ3v) is 10.5. The summed E-state index contributed by atoms with van der Waals surface area (Å²) in [6.07, 6.45) is 0. The monoisotopic (exact) mass is 831 g/mol. The van der Waals surface area contributed by atoms with Gasteiger partial charge >= 0.3 is 5.97 Å². The van der Waals surface area contributed by atoms with Crippen LogP contribution in [0.4, 0.5) is 11.4 Å². The lowest BCUT2D eigenvalue weighted by Gasteiger charge is -2.17. The lowest BCUT2D eigenvalue weighted by molar-refractivity contribution is -0.0396. The van der Waals surface area contributed by atoms with Gasteiger partial charge in [-0.05, 0) is 90.8 Å². The Morgan fingerprint density at radius 1 is 0.581 bits per heavy atom. The largest absolute Gasteiger partial charge is 0.491 e. The number of fused-ring (bicyclic) bond motifs is 2. The van der Waals surface area contributed by atoms with Crippen molar-refractivity contribution in [2.24, 2.45) is 0 Å². The SMILES string of the molecule is COCCOc1cc(-c2cc(-c3cccc(N4C(=O)c5ccc(C(C)=O)cc5C4=O)c3)nc(-c3cccc(N4C(=O)c5ccc(C(=O)O)cc5C4=O)c3)c2)ccc1COCOC. The van der Waals surface area contributed by atoms with Gasteiger partial charge < -0.3 is 24.1 Å². The van der Waals surface area contributed by atoms with Gasteiger partial charge in [0.15, 0.2) is 5.78 Å². The van der Waals surface area contributed by atoms with Crippen molar-refractivity contribution in [2.75, 3.05) is 44.0 Å². The lowest BCUT2D eigenvalue weighted by Crippen LogP contribution is -2.29. The van der Waals surface area contributed by atoms with E-state index in [1.165, 1.54) is 50.4 Å². The van der Waals surface area contributed by atoms with Crippen LogP contribution in [0.25, 0.3) is 33.6 Å². The highest BCUT2D eigenvalue weighted by molar-refractivity contribution is 6.35. The molecule has 5 aromatic carbocycles. The molecule has 1 N–H and O–H groups in total. The number of aromatic carboxylic acids is 1. The number of methoxy groups -OCH3 is 2. The minimum absolute atomic E-state index is 0.0143. The van der Waals surface area contributed by atoms with Gasteiger partial charge in [-0.1, -0.05) is 42.5 Å². The third kappa shape index (κ3) is 7.76. The predicted molar refractivity (Wildman–Crippen MR) is 227 cm³/mol. The van der Waals surface area contributed by atoms with E-state index in [1.54, 1.807) is 55.6 Å². The van der Waals surface area contributed by atoms with Crippen LogP contribution in [0.5, 0.6) is 5.75 Å². The lowest BCUT2D eigenvalue weighted by atomic mass is 9.98. The van der Waals surface area contributed by atoms with Crippen molar-refractivity contribution in [1.82, 2.24) is 4.98 Å². The Bertz CT molecular complexity index is 2700. The maximum atomic E-state index is 13.7. The second kappa shape index (κ2) is 17.1. The number of carbonyl (C=O) groups excluding carboxylic acids is 5. The Kier molecular flexibility index (Phi) is 11.4. The second-order valence-corrected chi connectivity index (χ2v) is 14.4. The summed E-state index contributed by atoms with van der Waals surface area (Å²) in [5.41, 5.74) is 5.32. The van der Waals surface area contributed by atoms with Crippen LogP contribution in [0, 0.1) is 0 Å². The molecule has 4 amide bonds. The molecule has 6 aromatic rings. The number of ketones is 1. The third-order valence-electron chi connectivity index (χ3n) is 10.5. The molecule has 0 radical (unpaired) electrons. The van der Waals surface area contributed by atoms with Gasteiger partial charge in [-0.25, -0.2) is 19.6 Å². The molecule has 3 heterocycles. The molecule has 14 heteroatoms. The number of aromatic nitrogens is 1. The fourth-order valence-electron chi connectivity index (χ4n) is 7.36. The number of benzene rings is 5. The smallest absolute Gasteiger partial charge is 0.335 e. The molecule has 0 fully saturated rings. The van der Waals surface area contributed by atoms with Crippen molar-refractivity contribution in [1.29, 1.82) is 0 Å². The fourth-order valence-corrected chi connectivity index (χ4v) is 7.36. The molecule has 0 saturated heterocycles. The Morgan fingerprint density at radius 3 is 1.69 bits per heavy atom. The van der Waals surface area contributed by atoms with Crippen LogP contribution in [0.3, 0.4) is 0 Å². The van der Waals surface area contributed by atoms with Crippen molar-refractivity contribution >= 4 is 46.8 Å². The number of nitrogens with zero attached hydrogens (tertiary/aromatic N) is 3.